The molecule has 1 aromatic rings. The van der Waals surface area contributed by atoms with E-state index in [2.05, 4.69) is 60.5 Å². The van der Waals surface area contributed by atoms with Crippen molar-refractivity contribution in [1.82, 2.24) is 15.5 Å². The lowest BCUT2D eigenvalue weighted by Crippen LogP contribution is -2.41. The summed E-state index contributed by atoms with van der Waals surface area (Å²) in [6.07, 6.45) is 2.52. The minimum Gasteiger partial charge on any atom is -0.357 e. The van der Waals surface area contributed by atoms with E-state index >= 15 is 0 Å². The minimum atomic E-state index is 0. The number of thiophene rings is 1. The molecule has 0 spiro atoms. The number of nitrogens with one attached hydrogen (secondary N) is 2. The van der Waals surface area contributed by atoms with Gasteiger partial charge in [-0.2, -0.15) is 0 Å². The molecule has 4 nitrogen and oxygen atoms in total. The molecular formula is C16H31IN4S. The van der Waals surface area contributed by atoms with Crippen molar-refractivity contribution in [3.63, 3.8) is 0 Å². The third-order valence-electron chi connectivity index (χ3n) is 3.21. The predicted octanol–water partition coefficient (Wildman–Crippen LogP) is 3.46. The predicted molar refractivity (Wildman–Crippen MR) is 110 cm³/mol. The van der Waals surface area contributed by atoms with Crippen LogP contribution in [0.1, 0.15) is 36.4 Å². The van der Waals surface area contributed by atoms with Crippen molar-refractivity contribution in [2.45, 2.75) is 40.2 Å². The summed E-state index contributed by atoms with van der Waals surface area (Å²) in [6.45, 7) is 11.2. The highest BCUT2D eigenvalue weighted by atomic mass is 127. The lowest BCUT2D eigenvalue weighted by molar-refractivity contribution is 0.332. The number of guanidine groups is 1. The van der Waals surface area contributed by atoms with Crippen LogP contribution in [0.15, 0.2) is 17.1 Å². The Labute approximate surface area is 156 Å². The molecule has 0 aliphatic carbocycles. The fourth-order valence-electron chi connectivity index (χ4n) is 1.97. The molecule has 6 heteroatoms. The Hall–Kier alpha value is -0.340. The third kappa shape index (κ3) is 9.63. The normalized spacial score (nSPS) is 11.4. The van der Waals surface area contributed by atoms with Crippen molar-refractivity contribution in [1.29, 1.82) is 0 Å². The lowest BCUT2D eigenvalue weighted by Gasteiger charge is -2.17. The molecule has 0 aliphatic heterocycles. The van der Waals surface area contributed by atoms with Crippen LogP contribution in [0.4, 0.5) is 0 Å². The van der Waals surface area contributed by atoms with E-state index in [1.807, 2.05) is 11.3 Å². The summed E-state index contributed by atoms with van der Waals surface area (Å²) < 4.78 is 0. The van der Waals surface area contributed by atoms with E-state index in [0.29, 0.717) is 0 Å². The summed E-state index contributed by atoms with van der Waals surface area (Å²) in [6, 6.07) is 4.31. The van der Waals surface area contributed by atoms with Crippen molar-refractivity contribution in [3.05, 3.63) is 21.9 Å². The van der Waals surface area contributed by atoms with E-state index < -0.39 is 0 Å². The zero-order valence-corrected chi connectivity index (χ0v) is 17.5. The Morgan fingerprint density at radius 1 is 1.23 bits per heavy atom. The second-order valence-corrected chi connectivity index (χ2v) is 6.66. The molecule has 2 N–H and O–H groups in total. The Balaban J connectivity index is 0.00000441. The zero-order chi connectivity index (χ0) is 15.5. The molecule has 128 valence electrons. The van der Waals surface area contributed by atoms with Crippen LogP contribution in [0.2, 0.25) is 0 Å². The van der Waals surface area contributed by atoms with Crippen LogP contribution >= 0.6 is 35.3 Å². The molecule has 0 saturated carbocycles. The van der Waals surface area contributed by atoms with Gasteiger partial charge < -0.3 is 15.5 Å². The van der Waals surface area contributed by atoms with E-state index in [1.165, 1.54) is 29.1 Å². The van der Waals surface area contributed by atoms with Gasteiger partial charge in [0.05, 0.1) is 6.54 Å². The van der Waals surface area contributed by atoms with E-state index in [9.17, 15) is 0 Å². The number of rotatable bonds is 9. The molecule has 0 atom stereocenters. The molecule has 0 amide bonds. The van der Waals surface area contributed by atoms with Crippen molar-refractivity contribution in [2.75, 3.05) is 33.2 Å². The first-order chi connectivity index (χ1) is 10.2. The number of halogens is 1. The molecular weight excluding hydrogens is 407 g/mol. The standard InChI is InChI=1S/C16H30N4S.HI/c1-5-7-11-20(4)12-10-18-16(17-6-2)19-13-15-9-8-14(3)21-15;/h8-9H,5-7,10-13H2,1-4H3,(H2,17,18,19);1H. The average molecular weight is 438 g/mol. The first kappa shape index (κ1) is 21.7. The molecule has 1 rings (SSSR count). The SMILES string of the molecule is CCCCN(C)CCNC(=NCc1ccc(C)s1)NCC.I. The quantitative estimate of drug-likeness (QED) is 0.353. The fraction of sp³-hybridized carbons (Fsp3) is 0.688. The van der Waals surface area contributed by atoms with Gasteiger partial charge in [-0.15, -0.1) is 35.3 Å². The Kier molecular flexibility index (Phi) is 12.9. The number of unbranched alkanes of at least 4 members (excludes halogenated alkanes) is 1. The second kappa shape index (κ2) is 13.1. The Morgan fingerprint density at radius 3 is 2.59 bits per heavy atom. The van der Waals surface area contributed by atoms with Gasteiger partial charge in [-0.25, -0.2) is 4.99 Å². The largest absolute Gasteiger partial charge is 0.357 e. The molecule has 0 fully saturated rings. The number of likely N-dealkylation sites (N-methyl/N-ethyl adjacent to an activating group) is 1. The van der Waals surface area contributed by atoms with Gasteiger partial charge in [0.1, 0.15) is 0 Å². The summed E-state index contributed by atoms with van der Waals surface area (Å²) in [4.78, 5) is 9.66. The monoisotopic (exact) mass is 438 g/mol. The highest BCUT2D eigenvalue weighted by Crippen LogP contribution is 2.15. The first-order valence-corrected chi connectivity index (χ1v) is 8.73. The Morgan fingerprint density at radius 2 is 2.00 bits per heavy atom. The molecule has 0 saturated heterocycles. The van der Waals surface area contributed by atoms with Gasteiger partial charge in [0.25, 0.3) is 0 Å². The molecule has 1 heterocycles. The van der Waals surface area contributed by atoms with Crippen molar-refractivity contribution in [3.8, 4) is 0 Å². The van der Waals surface area contributed by atoms with Gasteiger partial charge in [-0.1, -0.05) is 13.3 Å². The topological polar surface area (TPSA) is 39.7 Å². The van der Waals surface area contributed by atoms with Gasteiger partial charge >= 0.3 is 0 Å². The maximum Gasteiger partial charge on any atom is 0.191 e. The number of hydrogen-bond acceptors (Lipinski definition) is 3. The lowest BCUT2D eigenvalue weighted by atomic mass is 10.3. The maximum absolute atomic E-state index is 4.64. The summed E-state index contributed by atoms with van der Waals surface area (Å²) in [5.74, 6) is 0.910. The first-order valence-electron chi connectivity index (χ1n) is 7.91. The van der Waals surface area contributed by atoms with Crippen LogP contribution in [-0.2, 0) is 6.54 Å². The number of aliphatic imine (C=N–C) groups is 1. The van der Waals surface area contributed by atoms with Crippen LogP contribution in [-0.4, -0.2) is 44.1 Å². The highest BCUT2D eigenvalue weighted by molar-refractivity contribution is 14.0. The van der Waals surface area contributed by atoms with Crippen LogP contribution < -0.4 is 10.6 Å². The maximum atomic E-state index is 4.64. The van der Waals surface area contributed by atoms with Gasteiger partial charge in [-0.05, 0) is 46.0 Å². The third-order valence-corrected chi connectivity index (χ3v) is 4.20. The van der Waals surface area contributed by atoms with Gasteiger partial charge in [-0.3, -0.25) is 0 Å². The molecule has 0 radical (unpaired) electrons. The Bertz CT molecular complexity index is 420. The minimum absolute atomic E-state index is 0. The average Bonchev–Trinajstić information content (AvgIpc) is 2.88. The van der Waals surface area contributed by atoms with Crippen molar-refractivity contribution in [2.24, 2.45) is 4.99 Å². The molecule has 0 aromatic carbocycles. The van der Waals surface area contributed by atoms with Crippen LogP contribution in [0.5, 0.6) is 0 Å². The molecule has 0 aliphatic rings. The molecule has 0 unspecified atom stereocenters. The smallest absolute Gasteiger partial charge is 0.191 e. The van der Waals surface area contributed by atoms with Crippen LogP contribution in [0.25, 0.3) is 0 Å². The van der Waals surface area contributed by atoms with Gasteiger partial charge in [0.15, 0.2) is 5.96 Å². The summed E-state index contributed by atoms with van der Waals surface area (Å²) in [7, 11) is 2.18. The van der Waals surface area contributed by atoms with Crippen LogP contribution in [0.3, 0.4) is 0 Å². The molecule has 0 bridgehead atoms. The zero-order valence-electron chi connectivity index (χ0n) is 14.3. The van der Waals surface area contributed by atoms with Crippen LogP contribution in [0, 0.1) is 6.92 Å². The van der Waals surface area contributed by atoms with E-state index in [1.54, 1.807) is 0 Å². The number of nitrogens with zero attached hydrogens (tertiary/aromatic N) is 2. The van der Waals surface area contributed by atoms with E-state index in [4.69, 9.17) is 0 Å². The number of hydrogen-bond donors (Lipinski definition) is 2. The molecule has 22 heavy (non-hydrogen) atoms. The summed E-state index contributed by atoms with van der Waals surface area (Å²) in [5.41, 5.74) is 0. The van der Waals surface area contributed by atoms with Crippen molar-refractivity contribution < 1.29 is 0 Å². The number of aryl methyl sites for hydroxylation is 1. The van der Waals surface area contributed by atoms with Gasteiger partial charge in [0, 0.05) is 29.4 Å². The molecule has 1 aromatic heterocycles. The van der Waals surface area contributed by atoms with E-state index in [-0.39, 0.29) is 24.0 Å². The highest BCUT2D eigenvalue weighted by Gasteiger charge is 2.01. The summed E-state index contributed by atoms with van der Waals surface area (Å²) >= 11 is 1.81. The van der Waals surface area contributed by atoms with Gasteiger partial charge in [0.2, 0.25) is 0 Å². The summed E-state index contributed by atoms with van der Waals surface area (Å²) in [5, 5.41) is 6.71. The van der Waals surface area contributed by atoms with Crippen molar-refractivity contribution >= 4 is 41.3 Å². The fourth-order valence-corrected chi connectivity index (χ4v) is 2.79. The van der Waals surface area contributed by atoms with E-state index in [0.717, 1.165) is 32.1 Å². The second-order valence-electron chi connectivity index (χ2n) is 5.29.